The molecule has 5 nitrogen and oxygen atoms in total. The Balaban J connectivity index is 2.81. The smallest absolute Gasteiger partial charge is 0.335 e. The van der Waals surface area contributed by atoms with Crippen LogP contribution in [0.1, 0.15) is 41.6 Å². The van der Waals surface area contributed by atoms with E-state index in [-0.39, 0.29) is 22.8 Å². The fraction of sp³-hybridized carbons (Fsp3) is 0.500. The topological polar surface area (TPSA) is 91.7 Å². The maximum absolute atomic E-state index is 12.2. The Morgan fingerprint density at radius 3 is 2.40 bits per heavy atom. The first-order chi connectivity index (χ1) is 9.38. The third-order valence-corrected chi connectivity index (χ3v) is 5.03. The second-order valence-corrected chi connectivity index (χ2v) is 6.82. The van der Waals surface area contributed by atoms with Crippen LogP contribution in [0.15, 0.2) is 23.1 Å². The molecule has 0 bridgehead atoms. The van der Waals surface area contributed by atoms with Crippen LogP contribution in [0.3, 0.4) is 0 Å². The van der Waals surface area contributed by atoms with Gasteiger partial charge in [-0.05, 0) is 37.5 Å². The second kappa shape index (κ2) is 7.40. The Labute approximate surface area is 119 Å². The molecule has 0 heterocycles. The van der Waals surface area contributed by atoms with Crippen molar-refractivity contribution < 1.29 is 23.4 Å². The minimum absolute atomic E-state index is 0.00232. The molecule has 0 fully saturated rings. The highest BCUT2D eigenvalue weighted by molar-refractivity contribution is 7.91. The van der Waals surface area contributed by atoms with Crippen LogP contribution in [0.4, 0.5) is 0 Å². The summed E-state index contributed by atoms with van der Waals surface area (Å²) in [5.41, 5.74) is 0.541. The summed E-state index contributed by atoms with van der Waals surface area (Å²) in [6.07, 6.45) is 2.71. The van der Waals surface area contributed by atoms with Crippen molar-refractivity contribution in [3.05, 3.63) is 29.3 Å². The summed E-state index contributed by atoms with van der Waals surface area (Å²) in [6.45, 7) is 1.77. The number of hydrogen-bond donors (Lipinski definition) is 2. The van der Waals surface area contributed by atoms with Crippen LogP contribution in [-0.4, -0.2) is 37.0 Å². The molecule has 2 N–H and O–H groups in total. The van der Waals surface area contributed by atoms with Gasteiger partial charge in [0, 0.05) is 6.61 Å². The summed E-state index contributed by atoms with van der Waals surface area (Å²) in [6, 6.07) is 4.14. The quantitative estimate of drug-likeness (QED) is 0.717. The zero-order valence-corrected chi connectivity index (χ0v) is 12.3. The molecule has 6 heteroatoms. The molecule has 0 aliphatic rings. The molecule has 0 unspecified atom stereocenters. The lowest BCUT2D eigenvalue weighted by Gasteiger charge is -2.08. The zero-order chi connectivity index (χ0) is 15.2. The van der Waals surface area contributed by atoms with E-state index in [0.29, 0.717) is 18.4 Å². The van der Waals surface area contributed by atoms with Gasteiger partial charge in [-0.15, -0.1) is 0 Å². The zero-order valence-electron chi connectivity index (χ0n) is 11.5. The van der Waals surface area contributed by atoms with Crippen LogP contribution < -0.4 is 0 Å². The van der Waals surface area contributed by atoms with Crippen molar-refractivity contribution in [2.45, 2.75) is 37.5 Å². The number of rotatable bonds is 8. The van der Waals surface area contributed by atoms with Gasteiger partial charge >= 0.3 is 5.97 Å². The van der Waals surface area contributed by atoms with Gasteiger partial charge in [0.25, 0.3) is 0 Å². The van der Waals surface area contributed by atoms with Crippen LogP contribution in [0, 0.1) is 6.92 Å². The first-order valence-electron chi connectivity index (χ1n) is 6.56. The molecular formula is C14H20O5S. The van der Waals surface area contributed by atoms with E-state index in [9.17, 15) is 13.2 Å². The average Bonchev–Trinajstić information content (AvgIpc) is 2.38. The second-order valence-electron chi connectivity index (χ2n) is 4.74. The van der Waals surface area contributed by atoms with Crippen molar-refractivity contribution >= 4 is 15.8 Å². The van der Waals surface area contributed by atoms with Crippen LogP contribution in [0.2, 0.25) is 0 Å². The van der Waals surface area contributed by atoms with Crippen LogP contribution in [-0.2, 0) is 9.84 Å². The van der Waals surface area contributed by atoms with E-state index in [1.54, 1.807) is 6.92 Å². The predicted molar refractivity (Wildman–Crippen MR) is 75.7 cm³/mol. The fourth-order valence-corrected chi connectivity index (χ4v) is 3.60. The van der Waals surface area contributed by atoms with Crippen molar-refractivity contribution in [3.63, 3.8) is 0 Å². The minimum Gasteiger partial charge on any atom is -0.478 e. The molecule has 0 radical (unpaired) electrons. The van der Waals surface area contributed by atoms with E-state index in [0.717, 1.165) is 12.8 Å². The van der Waals surface area contributed by atoms with Gasteiger partial charge in [-0.2, -0.15) is 0 Å². The summed E-state index contributed by atoms with van der Waals surface area (Å²) in [5, 5.41) is 17.6. The molecular weight excluding hydrogens is 280 g/mol. The van der Waals surface area contributed by atoms with Crippen molar-refractivity contribution in [2.24, 2.45) is 0 Å². The summed E-state index contributed by atoms with van der Waals surface area (Å²) >= 11 is 0. The van der Waals surface area contributed by atoms with Crippen LogP contribution in [0.25, 0.3) is 0 Å². The van der Waals surface area contributed by atoms with E-state index >= 15 is 0 Å². The number of hydrogen-bond acceptors (Lipinski definition) is 4. The number of aliphatic hydroxyl groups is 1. The largest absolute Gasteiger partial charge is 0.478 e. The van der Waals surface area contributed by atoms with Gasteiger partial charge in [-0.1, -0.05) is 18.9 Å². The molecule has 0 atom stereocenters. The molecule has 20 heavy (non-hydrogen) atoms. The molecule has 0 saturated carbocycles. The van der Waals surface area contributed by atoms with Crippen molar-refractivity contribution in [3.8, 4) is 0 Å². The van der Waals surface area contributed by atoms with Gasteiger partial charge in [-0.3, -0.25) is 0 Å². The Kier molecular flexibility index (Phi) is 6.16. The summed E-state index contributed by atoms with van der Waals surface area (Å²) in [7, 11) is -3.46. The van der Waals surface area contributed by atoms with E-state index in [1.165, 1.54) is 18.2 Å². The van der Waals surface area contributed by atoms with Crippen LogP contribution >= 0.6 is 0 Å². The highest BCUT2D eigenvalue weighted by Gasteiger charge is 2.18. The molecule has 0 aliphatic heterocycles. The maximum Gasteiger partial charge on any atom is 0.335 e. The number of aromatic carboxylic acids is 1. The number of carboxylic acids is 1. The normalized spacial score (nSPS) is 11.5. The summed E-state index contributed by atoms with van der Waals surface area (Å²) in [5.74, 6) is -1.13. The van der Waals surface area contributed by atoms with Crippen molar-refractivity contribution in [2.75, 3.05) is 12.4 Å². The monoisotopic (exact) mass is 300 g/mol. The molecule has 1 rings (SSSR count). The maximum atomic E-state index is 12.2. The van der Waals surface area contributed by atoms with Crippen molar-refractivity contribution in [1.29, 1.82) is 0 Å². The number of sulfone groups is 1. The number of carbonyl (C=O) groups is 1. The van der Waals surface area contributed by atoms with Gasteiger partial charge in [0.1, 0.15) is 0 Å². The molecule has 0 amide bonds. The number of aliphatic hydroxyl groups excluding tert-OH is 1. The third kappa shape index (κ3) is 4.61. The predicted octanol–water partition coefficient (Wildman–Crippen LogP) is 2.02. The molecule has 0 aromatic heterocycles. The minimum atomic E-state index is -3.46. The molecule has 0 spiro atoms. The van der Waals surface area contributed by atoms with Gasteiger partial charge < -0.3 is 10.2 Å². The van der Waals surface area contributed by atoms with Gasteiger partial charge in [0.2, 0.25) is 0 Å². The standard InChI is InChI=1S/C14H20O5S/c1-11-6-7-12(14(16)17)10-13(11)20(18,19)9-5-3-2-4-8-15/h6-7,10,15H,2-5,8-9H2,1H3,(H,16,17). The third-order valence-electron chi connectivity index (χ3n) is 3.09. The Morgan fingerprint density at radius 2 is 1.80 bits per heavy atom. The Hall–Kier alpha value is -1.40. The molecule has 1 aromatic carbocycles. The van der Waals surface area contributed by atoms with Gasteiger partial charge in [-0.25, -0.2) is 13.2 Å². The SMILES string of the molecule is Cc1ccc(C(=O)O)cc1S(=O)(=O)CCCCCCO. The molecule has 112 valence electrons. The van der Waals surface area contributed by atoms with Gasteiger partial charge in [0.15, 0.2) is 9.84 Å². The van der Waals surface area contributed by atoms with E-state index in [2.05, 4.69) is 0 Å². The highest BCUT2D eigenvalue weighted by Crippen LogP contribution is 2.20. The Morgan fingerprint density at radius 1 is 1.15 bits per heavy atom. The number of carboxylic acid groups (broad SMARTS) is 1. The van der Waals surface area contributed by atoms with E-state index in [1.807, 2.05) is 0 Å². The molecule has 1 aromatic rings. The fourth-order valence-electron chi connectivity index (χ4n) is 1.94. The van der Waals surface area contributed by atoms with E-state index < -0.39 is 15.8 Å². The van der Waals surface area contributed by atoms with Crippen molar-refractivity contribution in [1.82, 2.24) is 0 Å². The number of unbranched alkanes of at least 4 members (excludes halogenated alkanes) is 3. The molecule has 0 aliphatic carbocycles. The first-order valence-corrected chi connectivity index (χ1v) is 8.21. The van der Waals surface area contributed by atoms with Crippen LogP contribution in [0.5, 0.6) is 0 Å². The number of aryl methyl sites for hydroxylation is 1. The lowest BCUT2D eigenvalue weighted by atomic mass is 10.1. The average molecular weight is 300 g/mol. The lowest BCUT2D eigenvalue weighted by Crippen LogP contribution is -2.10. The summed E-state index contributed by atoms with van der Waals surface area (Å²) < 4.78 is 24.4. The first kappa shape index (κ1) is 16.7. The Bertz CT molecular complexity index is 563. The number of benzene rings is 1. The highest BCUT2D eigenvalue weighted by atomic mass is 32.2. The van der Waals surface area contributed by atoms with Gasteiger partial charge in [0.05, 0.1) is 16.2 Å². The molecule has 0 saturated heterocycles. The van der Waals surface area contributed by atoms with E-state index in [4.69, 9.17) is 10.2 Å². The lowest BCUT2D eigenvalue weighted by molar-refractivity contribution is 0.0696. The summed E-state index contributed by atoms with van der Waals surface area (Å²) in [4.78, 5) is 11.0.